The van der Waals surface area contributed by atoms with Crippen LogP contribution in [0.15, 0.2) is 30.6 Å². The molecule has 29 heavy (non-hydrogen) atoms. The number of benzene rings is 1. The summed E-state index contributed by atoms with van der Waals surface area (Å²) in [6.07, 6.45) is 6.35. The molecule has 2 fully saturated rings. The molecule has 4 atom stereocenters. The van der Waals surface area contributed by atoms with Crippen LogP contribution < -0.4 is 21.3 Å². The van der Waals surface area contributed by atoms with Crippen molar-refractivity contribution < 1.29 is 9.53 Å². The molecule has 6 nitrogen and oxygen atoms in total. The first kappa shape index (κ1) is 20.1. The molecule has 154 valence electrons. The molecule has 1 amide bonds. The lowest BCUT2D eigenvalue weighted by Gasteiger charge is -2.43. The Bertz CT molecular complexity index is 920. The van der Waals surface area contributed by atoms with Gasteiger partial charge >= 0.3 is 0 Å². The molecule has 0 bridgehead atoms. The molecule has 2 aliphatic rings. The summed E-state index contributed by atoms with van der Waals surface area (Å²) in [5.74, 6) is 2.11. The van der Waals surface area contributed by atoms with Gasteiger partial charge < -0.3 is 10.5 Å². The zero-order valence-electron chi connectivity index (χ0n) is 16.7. The number of amides is 1. The second-order valence-electron chi connectivity index (χ2n) is 8.13. The average molecular weight is 415 g/mol. The molecule has 1 saturated carbocycles. The van der Waals surface area contributed by atoms with Crippen molar-refractivity contribution in [3.05, 3.63) is 52.3 Å². The third kappa shape index (κ3) is 3.97. The van der Waals surface area contributed by atoms with Gasteiger partial charge in [-0.25, -0.2) is 5.43 Å². The van der Waals surface area contributed by atoms with Crippen molar-refractivity contribution in [2.45, 2.75) is 45.1 Å². The fraction of sp³-hybridized carbons (Fsp3) is 0.455. The van der Waals surface area contributed by atoms with Crippen LogP contribution in [-0.4, -0.2) is 23.5 Å². The molecule has 1 aliphatic carbocycles. The molecule has 4 unspecified atom stereocenters. The monoisotopic (exact) mass is 414 g/mol. The van der Waals surface area contributed by atoms with Gasteiger partial charge in [0.25, 0.3) is 0 Å². The Labute approximate surface area is 176 Å². The summed E-state index contributed by atoms with van der Waals surface area (Å²) < 4.78 is 6.10. The summed E-state index contributed by atoms with van der Waals surface area (Å²) in [6.45, 7) is 4.44. The van der Waals surface area contributed by atoms with E-state index in [4.69, 9.17) is 22.1 Å². The maximum Gasteiger partial charge on any atom is 0.237 e. The van der Waals surface area contributed by atoms with E-state index in [1.165, 1.54) is 0 Å². The molecule has 4 N–H and O–H groups in total. The number of aryl methyl sites for hydroxylation is 1. The Kier molecular flexibility index (Phi) is 5.76. The number of aromatic nitrogens is 1. The number of hydrogen-bond donors (Lipinski definition) is 3. The molecule has 1 aliphatic heterocycles. The topological polar surface area (TPSA) is 89.3 Å². The summed E-state index contributed by atoms with van der Waals surface area (Å²) in [6, 6.07) is 6.05. The van der Waals surface area contributed by atoms with Crippen LogP contribution in [0.2, 0.25) is 5.02 Å². The highest BCUT2D eigenvalue weighted by Crippen LogP contribution is 2.43. The number of hydrazine groups is 1. The molecule has 1 aromatic heterocycles. The fourth-order valence-corrected chi connectivity index (χ4v) is 4.79. The van der Waals surface area contributed by atoms with Crippen LogP contribution in [0.3, 0.4) is 0 Å². The van der Waals surface area contributed by atoms with Crippen molar-refractivity contribution in [3.8, 4) is 11.5 Å². The molecular formula is C22H27ClN4O2. The van der Waals surface area contributed by atoms with Crippen molar-refractivity contribution >= 4 is 17.5 Å². The maximum absolute atomic E-state index is 12.2. The van der Waals surface area contributed by atoms with Crippen molar-refractivity contribution in [2.24, 2.45) is 17.6 Å². The largest absolute Gasteiger partial charge is 0.455 e. The molecule has 0 radical (unpaired) electrons. The minimum Gasteiger partial charge on any atom is -0.455 e. The van der Waals surface area contributed by atoms with E-state index in [9.17, 15) is 4.79 Å². The highest BCUT2D eigenvalue weighted by molar-refractivity contribution is 6.32. The first-order chi connectivity index (χ1) is 14.0. The Morgan fingerprint density at radius 2 is 2.10 bits per heavy atom. The maximum atomic E-state index is 12.2. The number of carbonyl (C=O) groups is 1. The van der Waals surface area contributed by atoms with E-state index < -0.39 is 0 Å². The van der Waals surface area contributed by atoms with Gasteiger partial charge in [0.2, 0.25) is 5.91 Å². The van der Waals surface area contributed by atoms with Crippen molar-refractivity contribution in [1.29, 1.82) is 0 Å². The van der Waals surface area contributed by atoms with Crippen LogP contribution in [-0.2, 0) is 4.79 Å². The summed E-state index contributed by atoms with van der Waals surface area (Å²) >= 11 is 6.36. The highest BCUT2D eigenvalue weighted by atomic mass is 35.5. The Balaban J connectivity index is 1.53. The number of halogens is 1. The highest BCUT2D eigenvalue weighted by Gasteiger charge is 2.42. The predicted octanol–water partition coefficient (Wildman–Crippen LogP) is 3.61. The third-order valence-corrected chi connectivity index (χ3v) is 6.93. The van der Waals surface area contributed by atoms with Crippen molar-refractivity contribution in [1.82, 2.24) is 15.8 Å². The Hall–Kier alpha value is -2.15. The van der Waals surface area contributed by atoms with Crippen LogP contribution in [0.5, 0.6) is 11.5 Å². The summed E-state index contributed by atoms with van der Waals surface area (Å²) in [7, 11) is 0. The zero-order chi connectivity index (χ0) is 20.5. The van der Waals surface area contributed by atoms with E-state index in [0.717, 1.165) is 46.7 Å². The number of nitrogens with one attached hydrogen (secondary N) is 2. The number of nitrogens with zero attached hydrogens (tertiary/aromatic N) is 1. The minimum absolute atomic E-state index is 0.0331. The van der Waals surface area contributed by atoms with Gasteiger partial charge in [-0.1, -0.05) is 17.7 Å². The molecule has 4 rings (SSSR count). The second kappa shape index (κ2) is 8.30. The zero-order valence-corrected chi connectivity index (χ0v) is 17.5. The van der Waals surface area contributed by atoms with Gasteiger partial charge in [-0.05, 0) is 68.2 Å². The molecule has 0 spiro atoms. The molecule has 1 saturated heterocycles. The fourth-order valence-electron chi connectivity index (χ4n) is 4.63. The molecule has 7 heteroatoms. The lowest BCUT2D eigenvalue weighted by atomic mass is 9.68. The number of nitrogens with two attached hydrogens (primary N) is 1. The molecule has 2 heterocycles. The van der Waals surface area contributed by atoms with Gasteiger partial charge in [0.1, 0.15) is 11.5 Å². The summed E-state index contributed by atoms with van der Waals surface area (Å²) in [5, 5.41) is 0.723. The van der Waals surface area contributed by atoms with Crippen molar-refractivity contribution in [2.75, 3.05) is 6.54 Å². The minimum atomic E-state index is 0.0331. The first-order valence-corrected chi connectivity index (χ1v) is 10.5. The summed E-state index contributed by atoms with van der Waals surface area (Å²) in [4.78, 5) is 16.6. The van der Waals surface area contributed by atoms with Crippen LogP contribution >= 0.6 is 11.6 Å². The third-order valence-electron chi connectivity index (χ3n) is 6.35. The summed E-state index contributed by atoms with van der Waals surface area (Å²) in [5.41, 5.74) is 14.9. The second-order valence-corrected chi connectivity index (χ2v) is 8.51. The standard InChI is InChI=1S/C22H27ClN4O2/c1-12-3-6-20(13(2)21(12)23)29-16-7-15(10-25-11-16)14-4-5-17-18(8-14)19(9-24)26-27-22(17)28/h3,6-7,10-11,14,17-19,26H,4-5,8-9,24H2,1-2H3,(H,27,28). The Morgan fingerprint density at radius 3 is 2.90 bits per heavy atom. The predicted molar refractivity (Wildman–Crippen MR) is 113 cm³/mol. The normalized spacial score (nSPS) is 26.6. The lowest BCUT2D eigenvalue weighted by molar-refractivity contribution is -0.133. The van der Waals surface area contributed by atoms with Crippen LogP contribution in [0.4, 0.5) is 0 Å². The van der Waals surface area contributed by atoms with Gasteiger partial charge in [-0.3, -0.25) is 15.2 Å². The van der Waals surface area contributed by atoms with E-state index in [2.05, 4.69) is 21.9 Å². The smallest absolute Gasteiger partial charge is 0.237 e. The van der Waals surface area contributed by atoms with Crippen molar-refractivity contribution in [3.63, 3.8) is 0 Å². The van der Waals surface area contributed by atoms with E-state index in [1.807, 2.05) is 32.2 Å². The van der Waals surface area contributed by atoms with Crippen LogP contribution in [0, 0.1) is 25.7 Å². The van der Waals surface area contributed by atoms with Gasteiger partial charge in [0.05, 0.1) is 11.2 Å². The number of hydrogen-bond acceptors (Lipinski definition) is 5. The van der Waals surface area contributed by atoms with E-state index in [0.29, 0.717) is 18.2 Å². The molecule has 2 aromatic rings. The number of ether oxygens (including phenoxy) is 1. The van der Waals surface area contributed by atoms with E-state index in [1.54, 1.807) is 6.20 Å². The number of carbonyl (C=O) groups excluding carboxylic acids is 1. The molecule has 1 aromatic carbocycles. The average Bonchev–Trinajstić information content (AvgIpc) is 2.74. The van der Waals surface area contributed by atoms with Gasteiger partial charge in [-0.15, -0.1) is 0 Å². The van der Waals surface area contributed by atoms with E-state index >= 15 is 0 Å². The lowest BCUT2D eigenvalue weighted by Crippen LogP contribution is -2.62. The van der Waals surface area contributed by atoms with Gasteiger partial charge in [0, 0.05) is 30.3 Å². The van der Waals surface area contributed by atoms with Crippen LogP contribution in [0.25, 0.3) is 0 Å². The molecular weight excluding hydrogens is 388 g/mol. The quantitative estimate of drug-likeness (QED) is 0.711. The number of pyridine rings is 1. The number of rotatable bonds is 4. The van der Waals surface area contributed by atoms with Gasteiger partial charge in [-0.2, -0.15) is 0 Å². The van der Waals surface area contributed by atoms with Crippen LogP contribution in [0.1, 0.15) is 41.9 Å². The van der Waals surface area contributed by atoms with E-state index in [-0.39, 0.29) is 23.8 Å². The SMILES string of the molecule is Cc1ccc(Oc2cncc(C3CCC4C(=O)NNC(CN)C4C3)c2)c(C)c1Cl. The Morgan fingerprint density at radius 1 is 1.28 bits per heavy atom. The van der Waals surface area contributed by atoms with Gasteiger partial charge in [0.15, 0.2) is 0 Å². The first-order valence-electron chi connectivity index (χ1n) is 10.1. The number of fused-ring (bicyclic) bond motifs is 1.